The highest BCUT2D eigenvalue weighted by Crippen LogP contribution is 2.18. The third kappa shape index (κ3) is 22.6. The Morgan fingerprint density at radius 3 is 0.553 bits per heavy atom. The van der Waals surface area contributed by atoms with Crippen molar-refractivity contribution >= 4 is 0 Å². The van der Waals surface area contributed by atoms with Crippen LogP contribution in [0.15, 0.2) is 0 Å². The molecule has 0 bridgehead atoms. The van der Waals surface area contributed by atoms with E-state index < -0.39 is 0 Å². The standard InChI is InChI=1S/C34H74N2.2BrH/c1-7-27-35(28-8-2,29-9-3)33-25-23-21-19-17-15-13-14-16-18-20-22-24-26-34-36(30-10-4,31-11-5)32-12-6;;/h7-34H2,1-6H3;2*1H/q+2;;/p-2. The van der Waals surface area contributed by atoms with Crippen LogP contribution in [0.1, 0.15) is 170 Å². The number of halogens is 2. The minimum Gasteiger partial charge on any atom is -1.00 e. The molecule has 0 aliphatic carbocycles. The predicted molar refractivity (Wildman–Crippen MR) is 166 cm³/mol. The van der Waals surface area contributed by atoms with E-state index in [1.54, 1.807) is 0 Å². The number of hydrogen-bond donors (Lipinski definition) is 0. The molecule has 0 N–H and O–H groups in total. The SMILES string of the molecule is CCC[N+](CCC)(CCC)CCCCCCCCCCCCCCCC[N+](CCC)(CCC)CCC.[Br-].[Br-]. The van der Waals surface area contributed by atoms with Crippen molar-refractivity contribution in [2.24, 2.45) is 0 Å². The Labute approximate surface area is 264 Å². The molecular weight excluding hydrogens is 596 g/mol. The van der Waals surface area contributed by atoms with Gasteiger partial charge in [-0.15, -0.1) is 0 Å². The number of nitrogens with zero attached hydrogens (tertiary/aromatic N) is 2. The van der Waals surface area contributed by atoms with Crippen LogP contribution < -0.4 is 34.0 Å². The summed E-state index contributed by atoms with van der Waals surface area (Å²) in [6.07, 6.45) is 28.7. The molecule has 0 aromatic rings. The third-order valence-electron chi connectivity index (χ3n) is 8.70. The Kier molecular flexibility index (Phi) is 35.2. The Morgan fingerprint density at radius 2 is 0.395 bits per heavy atom. The van der Waals surface area contributed by atoms with Crippen molar-refractivity contribution < 1.29 is 42.9 Å². The van der Waals surface area contributed by atoms with E-state index in [1.807, 2.05) is 0 Å². The van der Waals surface area contributed by atoms with Gasteiger partial charge in [-0.25, -0.2) is 0 Å². The highest BCUT2D eigenvalue weighted by atomic mass is 79.9. The molecule has 0 amide bonds. The molecule has 0 atom stereocenters. The van der Waals surface area contributed by atoms with E-state index >= 15 is 0 Å². The van der Waals surface area contributed by atoms with E-state index in [0.29, 0.717) is 0 Å². The Balaban J connectivity index is -0.00000612. The maximum absolute atomic E-state index is 2.37. The van der Waals surface area contributed by atoms with Gasteiger partial charge < -0.3 is 42.9 Å². The quantitative estimate of drug-likeness (QED) is 0.0810. The zero-order valence-electron chi connectivity index (χ0n) is 27.4. The summed E-state index contributed by atoms with van der Waals surface area (Å²) >= 11 is 0. The van der Waals surface area contributed by atoms with Crippen LogP contribution in [-0.4, -0.2) is 61.3 Å². The zero-order chi connectivity index (χ0) is 26.8. The molecule has 38 heavy (non-hydrogen) atoms. The van der Waals surface area contributed by atoms with E-state index in [-0.39, 0.29) is 34.0 Å². The van der Waals surface area contributed by atoms with Crippen LogP contribution in [0.25, 0.3) is 0 Å². The summed E-state index contributed by atoms with van der Waals surface area (Å²) in [5, 5.41) is 0. The van der Waals surface area contributed by atoms with Crippen molar-refractivity contribution in [2.45, 2.75) is 170 Å². The molecule has 0 aromatic heterocycles. The molecule has 234 valence electrons. The second-order valence-corrected chi connectivity index (χ2v) is 12.4. The lowest BCUT2D eigenvalue weighted by Crippen LogP contribution is -3.00. The molecule has 0 fully saturated rings. The first kappa shape index (κ1) is 43.3. The molecular formula is C34H74Br2N2. The molecule has 0 aliphatic heterocycles. The highest BCUT2D eigenvalue weighted by molar-refractivity contribution is 4.52. The third-order valence-corrected chi connectivity index (χ3v) is 8.70. The molecule has 0 saturated heterocycles. The predicted octanol–water partition coefficient (Wildman–Crippen LogP) is 4.55. The molecule has 0 spiro atoms. The molecule has 0 radical (unpaired) electrons. The van der Waals surface area contributed by atoms with Crippen LogP contribution in [-0.2, 0) is 0 Å². The van der Waals surface area contributed by atoms with Gasteiger partial charge in [0.2, 0.25) is 0 Å². The number of rotatable bonds is 29. The average Bonchev–Trinajstić information content (AvgIpc) is 2.85. The fourth-order valence-electron chi connectivity index (χ4n) is 7.20. The van der Waals surface area contributed by atoms with Gasteiger partial charge in [-0.1, -0.05) is 106 Å². The van der Waals surface area contributed by atoms with Crippen molar-refractivity contribution in [3.8, 4) is 0 Å². The van der Waals surface area contributed by atoms with Crippen LogP contribution in [0.5, 0.6) is 0 Å². The summed E-state index contributed by atoms with van der Waals surface area (Å²) in [7, 11) is 0. The van der Waals surface area contributed by atoms with Crippen LogP contribution in [0.4, 0.5) is 0 Å². The van der Waals surface area contributed by atoms with Crippen molar-refractivity contribution in [3.63, 3.8) is 0 Å². The molecule has 0 saturated carbocycles. The second-order valence-electron chi connectivity index (χ2n) is 12.4. The molecule has 0 aliphatic rings. The van der Waals surface area contributed by atoms with E-state index in [4.69, 9.17) is 0 Å². The normalized spacial score (nSPS) is 11.8. The lowest BCUT2D eigenvalue weighted by atomic mass is 10.0. The van der Waals surface area contributed by atoms with Gasteiger partial charge in [-0.05, 0) is 64.2 Å². The second kappa shape index (κ2) is 30.8. The van der Waals surface area contributed by atoms with Crippen molar-refractivity contribution in [3.05, 3.63) is 0 Å². The summed E-state index contributed by atoms with van der Waals surface area (Å²) in [6.45, 7) is 25.5. The lowest BCUT2D eigenvalue weighted by Gasteiger charge is -2.38. The summed E-state index contributed by atoms with van der Waals surface area (Å²) in [5.41, 5.74) is 0. The molecule has 0 unspecified atom stereocenters. The largest absolute Gasteiger partial charge is 1.00 e. The molecule has 0 aromatic carbocycles. The van der Waals surface area contributed by atoms with Gasteiger partial charge in [0.15, 0.2) is 0 Å². The minimum atomic E-state index is 0. The van der Waals surface area contributed by atoms with E-state index in [2.05, 4.69) is 41.5 Å². The van der Waals surface area contributed by atoms with Crippen LogP contribution in [0.2, 0.25) is 0 Å². The van der Waals surface area contributed by atoms with Gasteiger partial charge in [0.05, 0.1) is 52.4 Å². The van der Waals surface area contributed by atoms with E-state index in [0.717, 1.165) is 0 Å². The Bertz CT molecular complexity index is 370. The summed E-state index contributed by atoms with van der Waals surface area (Å²) in [6, 6.07) is 0. The van der Waals surface area contributed by atoms with Crippen molar-refractivity contribution in [1.29, 1.82) is 0 Å². The fraction of sp³-hybridized carbons (Fsp3) is 1.00. The molecule has 0 rings (SSSR count). The first-order valence-electron chi connectivity index (χ1n) is 17.3. The fourth-order valence-corrected chi connectivity index (χ4v) is 7.20. The zero-order valence-corrected chi connectivity index (χ0v) is 30.6. The molecule has 2 nitrogen and oxygen atoms in total. The number of unbranched alkanes of at least 4 members (excludes halogenated alkanes) is 13. The van der Waals surface area contributed by atoms with Gasteiger partial charge in [-0.2, -0.15) is 0 Å². The Morgan fingerprint density at radius 1 is 0.237 bits per heavy atom. The molecule has 0 heterocycles. The number of quaternary nitrogens is 2. The average molecular weight is 671 g/mol. The minimum absolute atomic E-state index is 0. The first-order chi connectivity index (χ1) is 17.6. The highest BCUT2D eigenvalue weighted by Gasteiger charge is 2.24. The summed E-state index contributed by atoms with van der Waals surface area (Å²) in [4.78, 5) is 0. The summed E-state index contributed by atoms with van der Waals surface area (Å²) < 4.78 is 2.81. The lowest BCUT2D eigenvalue weighted by molar-refractivity contribution is -0.928. The van der Waals surface area contributed by atoms with Gasteiger partial charge in [-0.3, -0.25) is 0 Å². The van der Waals surface area contributed by atoms with Crippen LogP contribution >= 0.6 is 0 Å². The van der Waals surface area contributed by atoms with Crippen molar-refractivity contribution in [2.75, 3.05) is 52.4 Å². The topological polar surface area (TPSA) is 0 Å². The summed E-state index contributed by atoms with van der Waals surface area (Å²) in [5.74, 6) is 0. The van der Waals surface area contributed by atoms with E-state index in [1.165, 1.54) is 190 Å². The monoisotopic (exact) mass is 668 g/mol. The van der Waals surface area contributed by atoms with Gasteiger partial charge in [0.25, 0.3) is 0 Å². The van der Waals surface area contributed by atoms with Gasteiger partial charge in [0.1, 0.15) is 0 Å². The van der Waals surface area contributed by atoms with Crippen molar-refractivity contribution in [1.82, 2.24) is 0 Å². The smallest absolute Gasteiger partial charge is 0.0786 e. The molecule has 4 heteroatoms. The van der Waals surface area contributed by atoms with Crippen LogP contribution in [0.3, 0.4) is 0 Å². The Hall–Kier alpha value is 0.880. The van der Waals surface area contributed by atoms with Gasteiger partial charge >= 0.3 is 0 Å². The maximum Gasteiger partial charge on any atom is 0.0786 e. The number of hydrogen-bond acceptors (Lipinski definition) is 0. The maximum atomic E-state index is 2.37. The van der Waals surface area contributed by atoms with Crippen LogP contribution in [0, 0.1) is 0 Å². The first-order valence-corrected chi connectivity index (χ1v) is 17.3. The van der Waals surface area contributed by atoms with Gasteiger partial charge in [0, 0.05) is 0 Å². The van der Waals surface area contributed by atoms with E-state index in [9.17, 15) is 0 Å².